The van der Waals surface area contributed by atoms with E-state index in [-0.39, 0.29) is 5.91 Å². The predicted octanol–water partition coefficient (Wildman–Crippen LogP) is 1.03. The van der Waals surface area contributed by atoms with Crippen molar-refractivity contribution in [1.29, 1.82) is 0 Å². The number of para-hydroxylation sites is 1. The Balaban J connectivity index is 1.42. The van der Waals surface area contributed by atoms with E-state index in [1.165, 1.54) is 16.2 Å². The minimum atomic E-state index is -0.00265. The SMILES string of the molecule is Cc1cc(NC(=O)CC[NH+]2CCN(c3ccccc3C)CC2)no1. The average molecular weight is 329 g/mol. The summed E-state index contributed by atoms with van der Waals surface area (Å²) in [7, 11) is 0. The molecule has 6 nitrogen and oxygen atoms in total. The molecule has 2 heterocycles. The van der Waals surface area contributed by atoms with E-state index >= 15 is 0 Å². The number of nitrogens with one attached hydrogen (secondary N) is 2. The molecule has 1 aliphatic heterocycles. The Bertz CT molecular complexity index is 690. The van der Waals surface area contributed by atoms with Gasteiger partial charge >= 0.3 is 0 Å². The molecule has 0 unspecified atom stereocenters. The van der Waals surface area contributed by atoms with Crippen molar-refractivity contribution in [2.24, 2.45) is 0 Å². The molecule has 24 heavy (non-hydrogen) atoms. The van der Waals surface area contributed by atoms with Crippen molar-refractivity contribution < 1.29 is 14.2 Å². The Hall–Kier alpha value is -2.34. The summed E-state index contributed by atoms with van der Waals surface area (Å²) in [6, 6.07) is 10.2. The Morgan fingerprint density at radius 1 is 1.29 bits per heavy atom. The molecule has 1 saturated heterocycles. The summed E-state index contributed by atoms with van der Waals surface area (Å²) in [5, 5.41) is 6.56. The molecule has 128 valence electrons. The zero-order valence-corrected chi connectivity index (χ0v) is 14.3. The van der Waals surface area contributed by atoms with Gasteiger partial charge in [0.15, 0.2) is 5.82 Å². The number of amides is 1. The fraction of sp³-hybridized carbons (Fsp3) is 0.444. The summed E-state index contributed by atoms with van der Waals surface area (Å²) in [5.74, 6) is 1.19. The van der Waals surface area contributed by atoms with E-state index in [1.54, 1.807) is 13.0 Å². The van der Waals surface area contributed by atoms with Crippen LogP contribution in [0.25, 0.3) is 0 Å². The highest BCUT2D eigenvalue weighted by molar-refractivity contribution is 5.89. The third-order valence-corrected chi connectivity index (χ3v) is 4.53. The molecule has 1 fully saturated rings. The number of aryl methyl sites for hydroxylation is 2. The van der Waals surface area contributed by atoms with Crippen LogP contribution in [0.1, 0.15) is 17.7 Å². The molecule has 1 aliphatic rings. The van der Waals surface area contributed by atoms with Crippen LogP contribution in [0.2, 0.25) is 0 Å². The number of aromatic nitrogens is 1. The molecule has 0 aliphatic carbocycles. The molecule has 1 amide bonds. The van der Waals surface area contributed by atoms with Gasteiger partial charge in [0.2, 0.25) is 5.91 Å². The summed E-state index contributed by atoms with van der Waals surface area (Å²) in [5.41, 5.74) is 2.65. The predicted molar refractivity (Wildman–Crippen MR) is 93.4 cm³/mol. The lowest BCUT2D eigenvalue weighted by atomic mass is 10.1. The van der Waals surface area contributed by atoms with E-state index in [0.717, 1.165) is 32.7 Å². The van der Waals surface area contributed by atoms with Gasteiger partial charge < -0.3 is 19.6 Å². The summed E-state index contributed by atoms with van der Waals surface area (Å²) in [4.78, 5) is 15.9. The first-order chi connectivity index (χ1) is 11.6. The van der Waals surface area contributed by atoms with Gasteiger partial charge in [-0.2, -0.15) is 0 Å². The molecule has 3 rings (SSSR count). The molecular formula is C18H25N4O2+. The molecule has 0 bridgehead atoms. The number of nitrogens with zero attached hydrogens (tertiary/aromatic N) is 2. The third-order valence-electron chi connectivity index (χ3n) is 4.53. The van der Waals surface area contributed by atoms with Crippen LogP contribution in [-0.2, 0) is 4.79 Å². The Labute approximate surface area is 142 Å². The number of hydrogen-bond donors (Lipinski definition) is 2. The van der Waals surface area contributed by atoms with Gasteiger partial charge in [-0.05, 0) is 25.5 Å². The van der Waals surface area contributed by atoms with Crippen molar-refractivity contribution in [1.82, 2.24) is 5.16 Å². The van der Waals surface area contributed by atoms with Gasteiger partial charge in [0.25, 0.3) is 0 Å². The molecule has 6 heteroatoms. The van der Waals surface area contributed by atoms with Gasteiger partial charge in [0, 0.05) is 11.8 Å². The zero-order chi connectivity index (χ0) is 16.9. The molecule has 1 aromatic heterocycles. The van der Waals surface area contributed by atoms with E-state index in [2.05, 4.69) is 46.6 Å². The van der Waals surface area contributed by atoms with Crippen molar-refractivity contribution in [2.75, 3.05) is 42.9 Å². The number of carbonyl (C=O) groups excluding carboxylic acids is 1. The van der Waals surface area contributed by atoms with E-state index in [4.69, 9.17) is 4.52 Å². The number of carbonyl (C=O) groups is 1. The summed E-state index contributed by atoms with van der Waals surface area (Å²) >= 11 is 0. The molecule has 2 aromatic rings. The van der Waals surface area contributed by atoms with Crippen LogP contribution < -0.4 is 15.1 Å². The normalized spacial score (nSPS) is 15.5. The van der Waals surface area contributed by atoms with Crippen LogP contribution in [0.15, 0.2) is 34.9 Å². The molecule has 0 radical (unpaired) electrons. The van der Waals surface area contributed by atoms with Gasteiger partial charge in [0.1, 0.15) is 5.76 Å². The minimum Gasteiger partial charge on any atom is -0.360 e. The number of quaternary nitrogens is 1. The van der Waals surface area contributed by atoms with E-state index in [9.17, 15) is 4.79 Å². The monoisotopic (exact) mass is 329 g/mol. The van der Waals surface area contributed by atoms with Gasteiger partial charge in [-0.1, -0.05) is 23.4 Å². The number of benzene rings is 1. The molecule has 0 spiro atoms. The van der Waals surface area contributed by atoms with Gasteiger partial charge in [-0.15, -0.1) is 0 Å². The first kappa shape index (κ1) is 16.5. The van der Waals surface area contributed by atoms with Crippen molar-refractivity contribution in [3.8, 4) is 0 Å². The molecule has 1 aromatic carbocycles. The van der Waals surface area contributed by atoms with Crippen molar-refractivity contribution in [3.63, 3.8) is 0 Å². The second-order valence-corrected chi connectivity index (χ2v) is 6.39. The lowest BCUT2D eigenvalue weighted by Crippen LogP contribution is -3.15. The molecule has 0 saturated carbocycles. The van der Waals surface area contributed by atoms with Crippen LogP contribution in [0.3, 0.4) is 0 Å². The van der Waals surface area contributed by atoms with Gasteiger partial charge in [0.05, 0.1) is 39.1 Å². The number of rotatable bonds is 5. The van der Waals surface area contributed by atoms with E-state index < -0.39 is 0 Å². The van der Waals surface area contributed by atoms with Crippen LogP contribution in [-0.4, -0.2) is 43.8 Å². The van der Waals surface area contributed by atoms with Crippen molar-refractivity contribution in [3.05, 3.63) is 41.7 Å². The largest absolute Gasteiger partial charge is 0.360 e. The maximum Gasteiger partial charge on any atom is 0.231 e. The molecular weight excluding hydrogens is 304 g/mol. The first-order valence-corrected chi connectivity index (χ1v) is 8.49. The fourth-order valence-corrected chi connectivity index (χ4v) is 3.15. The number of piperazine rings is 1. The maximum atomic E-state index is 12.0. The Kier molecular flexibility index (Phi) is 5.15. The third kappa shape index (κ3) is 4.14. The number of hydrogen-bond acceptors (Lipinski definition) is 4. The number of anilines is 2. The fourth-order valence-electron chi connectivity index (χ4n) is 3.15. The lowest BCUT2D eigenvalue weighted by molar-refractivity contribution is -0.900. The Morgan fingerprint density at radius 3 is 2.71 bits per heavy atom. The maximum absolute atomic E-state index is 12.0. The molecule has 2 N–H and O–H groups in total. The van der Waals surface area contributed by atoms with Gasteiger partial charge in [-0.25, -0.2) is 0 Å². The van der Waals surface area contributed by atoms with E-state index in [1.807, 2.05) is 0 Å². The summed E-state index contributed by atoms with van der Waals surface area (Å²) in [6.45, 7) is 9.00. The highest BCUT2D eigenvalue weighted by atomic mass is 16.5. The summed E-state index contributed by atoms with van der Waals surface area (Å²) < 4.78 is 4.95. The van der Waals surface area contributed by atoms with Crippen LogP contribution in [0, 0.1) is 13.8 Å². The molecule has 0 atom stereocenters. The second kappa shape index (κ2) is 7.49. The van der Waals surface area contributed by atoms with Crippen molar-refractivity contribution in [2.45, 2.75) is 20.3 Å². The average Bonchev–Trinajstić information content (AvgIpc) is 2.99. The van der Waals surface area contributed by atoms with Crippen LogP contribution in [0.5, 0.6) is 0 Å². The first-order valence-electron chi connectivity index (χ1n) is 8.49. The van der Waals surface area contributed by atoms with Crippen LogP contribution in [0.4, 0.5) is 11.5 Å². The van der Waals surface area contributed by atoms with Crippen molar-refractivity contribution >= 4 is 17.4 Å². The zero-order valence-electron chi connectivity index (χ0n) is 14.3. The lowest BCUT2D eigenvalue weighted by Gasteiger charge is -2.34. The highest BCUT2D eigenvalue weighted by Crippen LogP contribution is 2.18. The highest BCUT2D eigenvalue weighted by Gasteiger charge is 2.21. The minimum absolute atomic E-state index is 0.00265. The smallest absolute Gasteiger partial charge is 0.231 e. The quantitative estimate of drug-likeness (QED) is 0.860. The van der Waals surface area contributed by atoms with Crippen LogP contribution >= 0.6 is 0 Å². The standard InChI is InChI=1S/C18H24N4O2/c1-14-5-3-4-6-16(14)22-11-9-21(10-12-22)8-7-18(23)19-17-13-15(2)24-20-17/h3-6,13H,7-12H2,1-2H3,(H,19,20,23)/p+1. The van der Waals surface area contributed by atoms with E-state index in [0.29, 0.717) is 18.0 Å². The Morgan fingerprint density at radius 2 is 2.04 bits per heavy atom. The van der Waals surface area contributed by atoms with Gasteiger partial charge in [-0.3, -0.25) is 4.79 Å². The second-order valence-electron chi connectivity index (χ2n) is 6.39. The summed E-state index contributed by atoms with van der Waals surface area (Å²) in [6.07, 6.45) is 0.506. The topological polar surface area (TPSA) is 62.8 Å².